The van der Waals surface area contributed by atoms with Gasteiger partial charge in [-0.2, -0.15) is 0 Å². The third-order valence-corrected chi connectivity index (χ3v) is 4.03. The van der Waals surface area contributed by atoms with E-state index in [1.165, 1.54) is 11.1 Å². The molecule has 134 valence electrons. The van der Waals surface area contributed by atoms with Crippen molar-refractivity contribution >= 4 is 5.96 Å². The summed E-state index contributed by atoms with van der Waals surface area (Å²) in [5, 5.41) is 6.63. The Labute approximate surface area is 146 Å². The molecule has 1 atom stereocenters. The van der Waals surface area contributed by atoms with Gasteiger partial charge in [-0.15, -0.1) is 0 Å². The fourth-order valence-corrected chi connectivity index (χ4v) is 2.87. The van der Waals surface area contributed by atoms with Crippen LogP contribution >= 0.6 is 0 Å². The van der Waals surface area contributed by atoms with E-state index in [2.05, 4.69) is 65.6 Å². The number of benzene rings is 1. The number of ether oxygens (including phenoxy) is 1. The standard InChI is InChI=1S/C19H32N4O/c1-4-9-21-19(20-5-2)22-13-17-7-6-8-18(12-17)15-23-10-11-24-16(3)14-23/h6-8,12,16H,4-5,9-11,13-15H2,1-3H3,(H2,20,21,22). The average molecular weight is 332 g/mol. The smallest absolute Gasteiger partial charge is 0.191 e. The SMILES string of the molecule is CCCNC(=NCc1cccc(CN2CCOC(C)C2)c1)NCC. The summed E-state index contributed by atoms with van der Waals surface area (Å²) >= 11 is 0. The molecule has 1 aliphatic rings. The summed E-state index contributed by atoms with van der Waals surface area (Å²) in [6.45, 7) is 12.8. The quantitative estimate of drug-likeness (QED) is 0.594. The number of hydrogen-bond donors (Lipinski definition) is 2. The molecule has 1 saturated heterocycles. The van der Waals surface area contributed by atoms with Gasteiger partial charge >= 0.3 is 0 Å². The van der Waals surface area contributed by atoms with Gasteiger partial charge in [0, 0.05) is 32.7 Å². The number of nitrogens with zero attached hydrogens (tertiary/aromatic N) is 2. The summed E-state index contributed by atoms with van der Waals surface area (Å²) in [6, 6.07) is 8.76. The molecule has 0 saturated carbocycles. The minimum Gasteiger partial charge on any atom is -0.376 e. The lowest BCUT2D eigenvalue weighted by Crippen LogP contribution is -2.40. The predicted molar refractivity (Wildman–Crippen MR) is 100 cm³/mol. The highest BCUT2D eigenvalue weighted by Gasteiger charge is 2.16. The molecule has 0 aliphatic carbocycles. The van der Waals surface area contributed by atoms with Crippen LogP contribution in [0.5, 0.6) is 0 Å². The van der Waals surface area contributed by atoms with Gasteiger partial charge in [0.15, 0.2) is 5.96 Å². The molecule has 1 aliphatic heterocycles. The van der Waals surface area contributed by atoms with E-state index in [1.54, 1.807) is 0 Å². The highest BCUT2D eigenvalue weighted by Crippen LogP contribution is 2.12. The lowest BCUT2D eigenvalue weighted by molar-refractivity contribution is -0.0212. The molecule has 0 radical (unpaired) electrons. The highest BCUT2D eigenvalue weighted by molar-refractivity contribution is 5.79. The Hall–Kier alpha value is -1.59. The Kier molecular flexibility index (Phi) is 8.05. The molecule has 0 aromatic heterocycles. The van der Waals surface area contributed by atoms with Crippen LogP contribution < -0.4 is 10.6 Å². The van der Waals surface area contributed by atoms with E-state index >= 15 is 0 Å². The van der Waals surface area contributed by atoms with Gasteiger partial charge in [-0.05, 0) is 31.4 Å². The molecular formula is C19H32N4O. The minimum atomic E-state index is 0.332. The van der Waals surface area contributed by atoms with E-state index in [4.69, 9.17) is 4.74 Å². The van der Waals surface area contributed by atoms with Gasteiger partial charge in [-0.25, -0.2) is 4.99 Å². The number of nitrogens with one attached hydrogen (secondary N) is 2. The second kappa shape index (κ2) is 10.3. The van der Waals surface area contributed by atoms with Crippen LogP contribution in [0.2, 0.25) is 0 Å². The molecule has 2 rings (SSSR count). The van der Waals surface area contributed by atoms with E-state index in [1.807, 2.05) is 0 Å². The van der Waals surface area contributed by atoms with Gasteiger partial charge in [0.1, 0.15) is 0 Å². The molecule has 5 heteroatoms. The normalized spacial score (nSPS) is 19.3. The molecule has 5 nitrogen and oxygen atoms in total. The first-order valence-electron chi connectivity index (χ1n) is 9.15. The first kappa shape index (κ1) is 18.7. The highest BCUT2D eigenvalue weighted by atomic mass is 16.5. The van der Waals surface area contributed by atoms with Crippen molar-refractivity contribution in [1.29, 1.82) is 0 Å². The Morgan fingerprint density at radius 1 is 1.29 bits per heavy atom. The van der Waals surface area contributed by atoms with Crippen molar-refractivity contribution in [2.75, 3.05) is 32.8 Å². The third-order valence-electron chi connectivity index (χ3n) is 4.03. The zero-order chi connectivity index (χ0) is 17.2. The fourth-order valence-electron chi connectivity index (χ4n) is 2.87. The zero-order valence-electron chi connectivity index (χ0n) is 15.3. The lowest BCUT2D eigenvalue weighted by Gasteiger charge is -2.31. The molecule has 1 aromatic rings. The van der Waals surface area contributed by atoms with E-state index in [-0.39, 0.29) is 0 Å². The van der Waals surface area contributed by atoms with Gasteiger partial charge in [0.2, 0.25) is 0 Å². The summed E-state index contributed by atoms with van der Waals surface area (Å²) in [7, 11) is 0. The Morgan fingerprint density at radius 2 is 2.12 bits per heavy atom. The van der Waals surface area contributed by atoms with Crippen LogP contribution in [-0.2, 0) is 17.8 Å². The molecule has 1 fully saturated rings. The van der Waals surface area contributed by atoms with Crippen LogP contribution in [0.4, 0.5) is 0 Å². The second-order valence-corrected chi connectivity index (χ2v) is 6.36. The Bertz CT molecular complexity index is 518. The van der Waals surface area contributed by atoms with E-state index in [9.17, 15) is 0 Å². The van der Waals surface area contributed by atoms with Crippen molar-refractivity contribution in [3.05, 3.63) is 35.4 Å². The molecule has 24 heavy (non-hydrogen) atoms. The van der Waals surface area contributed by atoms with Crippen molar-refractivity contribution in [3.8, 4) is 0 Å². The topological polar surface area (TPSA) is 48.9 Å². The maximum atomic E-state index is 5.62. The van der Waals surface area contributed by atoms with Gasteiger partial charge in [-0.1, -0.05) is 31.2 Å². The molecular weight excluding hydrogens is 300 g/mol. The first-order chi connectivity index (χ1) is 11.7. The Balaban J connectivity index is 1.93. The maximum absolute atomic E-state index is 5.62. The summed E-state index contributed by atoms with van der Waals surface area (Å²) in [5.74, 6) is 0.895. The van der Waals surface area contributed by atoms with Gasteiger partial charge in [0.05, 0.1) is 19.3 Å². The number of guanidine groups is 1. The summed E-state index contributed by atoms with van der Waals surface area (Å²) in [5.41, 5.74) is 2.60. The van der Waals surface area contributed by atoms with Crippen molar-refractivity contribution in [1.82, 2.24) is 15.5 Å². The monoisotopic (exact) mass is 332 g/mol. The van der Waals surface area contributed by atoms with Crippen LogP contribution in [0.3, 0.4) is 0 Å². The maximum Gasteiger partial charge on any atom is 0.191 e. The van der Waals surface area contributed by atoms with Crippen LogP contribution in [0.25, 0.3) is 0 Å². The third kappa shape index (κ3) is 6.49. The Morgan fingerprint density at radius 3 is 2.88 bits per heavy atom. The number of rotatable bonds is 7. The van der Waals surface area contributed by atoms with Crippen molar-refractivity contribution in [2.24, 2.45) is 4.99 Å². The molecule has 1 heterocycles. The van der Waals surface area contributed by atoms with Gasteiger partial charge in [-0.3, -0.25) is 4.90 Å². The molecule has 0 amide bonds. The first-order valence-corrected chi connectivity index (χ1v) is 9.15. The summed E-state index contributed by atoms with van der Waals surface area (Å²) in [6.07, 6.45) is 1.43. The van der Waals surface area contributed by atoms with Crippen LogP contribution in [0.15, 0.2) is 29.3 Å². The number of morpholine rings is 1. The van der Waals surface area contributed by atoms with Crippen LogP contribution in [-0.4, -0.2) is 49.7 Å². The molecule has 2 N–H and O–H groups in total. The van der Waals surface area contributed by atoms with Crippen molar-refractivity contribution < 1.29 is 4.74 Å². The van der Waals surface area contributed by atoms with Crippen LogP contribution in [0, 0.1) is 0 Å². The number of hydrogen-bond acceptors (Lipinski definition) is 3. The fraction of sp³-hybridized carbons (Fsp3) is 0.632. The summed E-state index contributed by atoms with van der Waals surface area (Å²) in [4.78, 5) is 7.14. The molecule has 1 aromatic carbocycles. The molecule has 1 unspecified atom stereocenters. The summed E-state index contributed by atoms with van der Waals surface area (Å²) < 4.78 is 5.62. The lowest BCUT2D eigenvalue weighted by atomic mass is 10.1. The van der Waals surface area contributed by atoms with E-state index in [0.717, 1.165) is 51.7 Å². The molecule has 0 bridgehead atoms. The minimum absolute atomic E-state index is 0.332. The number of aliphatic imine (C=N–C) groups is 1. The van der Waals surface area contributed by atoms with Crippen molar-refractivity contribution in [3.63, 3.8) is 0 Å². The van der Waals surface area contributed by atoms with Crippen molar-refractivity contribution in [2.45, 2.75) is 46.4 Å². The van der Waals surface area contributed by atoms with Gasteiger partial charge < -0.3 is 15.4 Å². The molecule has 0 spiro atoms. The van der Waals surface area contributed by atoms with Gasteiger partial charge in [0.25, 0.3) is 0 Å². The average Bonchev–Trinajstić information content (AvgIpc) is 2.58. The predicted octanol–water partition coefficient (Wildman–Crippen LogP) is 2.37. The largest absolute Gasteiger partial charge is 0.376 e. The zero-order valence-corrected chi connectivity index (χ0v) is 15.3. The van der Waals surface area contributed by atoms with E-state index < -0.39 is 0 Å². The van der Waals surface area contributed by atoms with Crippen LogP contribution in [0.1, 0.15) is 38.3 Å². The second-order valence-electron chi connectivity index (χ2n) is 6.36. The van der Waals surface area contributed by atoms with E-state index in [0.29, 0.717) is 12.6 Å².